The first-order valence-corrected chi connectivity index (χ1v) is 6.02. The monoisotopic (exact) mass is 182 g/mol. The topological polar surface area (TPSA) is 20.2 Å². The van der Waals surface area contributed by atoms with E-state index in [1.54, 1.807) is 31.9 Å². The third-order valence-electron chi connectivity index (χ3n) is 1.50. The van der Waals surface area contributed by atoms with Gasteiger partial charge in [0.25, 0.3) is 0 Å². The van der Waals surface area contributed by atoms with E-state index in [1.807, 2.05) is 0 Å². The summed E-state index contributed by atoms with van der Waals surface area (Å²) in [6, 6.07) is 3.28. The summed E-state index contributed by atoms with van der Waals surface area (Å²) in [7, 11) is 0.508. The lowest BCUT2D eigenvalue weighted by Crippen LogP contribution is -1.94. The first-order chi connectivity index (χ1) is 4.41. The summed E-state index contributed by atoms with van der Waals surface area (Å²) in [6.07, 6.45) is 4.66. The molecular weight excluding hydrogens is 164 g/mol. The summed E-state index contributed by atoms with van der Waals surface area (Å²) in [4.78, 5) is 0. The van der Waals surface area contributed by atoms with E-state index in [0.717, 1.165) is 0 Å². The smallest absolute Gasteiger partial charge is 0.0402 e. The SMILES string of the molecule is C1CC[SiH2]CC1.CCO.Cl. The summed E-state index contributed by atoms with van der Waals surface area (Å²) in [5, 5.41) is 7.57. The van der Waals surface area contributed by atoms with Crippen LogP contribution in [0.5, 0.6) is 0 Å². The van der Waals surface area contributed by atoms with Gasteiger partial charge in [0.15, 0.2) is 0 Å². The highest BCUT2D eigenvalue weighted by atomic mass is 35.5. The van der Waals surface area contributed by atoms with E-state index in [0.29, 0.717) is 9.52 Å². The van der Waals surface area contributed by atoms with Crippen LogP contribution in [0.25, 0.3) is 0 Å². The number of hydrogen-bond acceptors (Lipinski definition) is 1. The minimum Gasteiger partial charge on any atom is -0.397 e. The maximum Gasteiger partial charge on any atom is 0.0402 e. The predicted molar refractivity (Wildman–Crippen MR) is 52.0 cm³/mol. The highest BCUT2D eigenvalue weighted by Crippen LogP contribution is 2.10. The van der Waals surface area contributed by atoms with Crippen molar-refractivity contribution in [3.05, 3.63) is 0 Å². The predicted octanol–water partition coefficient (Wildman–Crippen LogP) is 1.60. The summed E-state index contributed by atoms with van der Waals surface area (Å²) >= 11 is 0. The second-order valence-electron chi connectivity index (χ2n) is 2.44. The Morgan fingerprint density at radius 3 is 1.70 bits per heavy atom. The summed E-state index contributed by atoms with van der Waals surface area (Å²) in [5.41, 5.74) is 0. The van der Waals surface area contributed by atoms with Gasteiger partial charge in [0, 0.05) is 16.1 Å². The standard InChI is InChI=1S/C5H12Si.C2H6O.ClH/c1-2-4-6-5-3-1;1-2-3;/h1-6H2;3H,2H2,1H3;1H. The first-order valence-electron chi connectivity index (χ1n) is 4.02. The molecule has 0 spiro atoms. The molecule has 1 nitrogen and oxygen atoms in total. The lowest BCUT2D eigenvalue weighted by molar-refractivity contribution is 0.318. The van der Waals surface area contributed by atoms with Crippen molar-refractivity contribution in [3.8, 4) is 0 Å². The molecule has 1 heterocycles. The molecule has 1 aliphatic rings. The highest BCUT2D eigenvalue weighted by Gasteiger charge is 1.96. The third-order valence-corrected chi connectivity index (χ3v) is 3.50. The Morgan fingerprint density at radius 1 is 1.20 bits per heavy atom. The maximum absolute atomic E-state index is 7.57. The minimum atomic E-state index is 0. The molecule has 0 saturated carbocycles. The molecule has 0 aliphatic carbocycles. The van der Waals surface area contributed by atoms with Gasteiger partial charge >= 0.3 is 0 Å². The van der Waals surface area contributed by atoms with Crippen LogP contribution < -0.4 is 0 Å². The average molecular weight is 183 g/mol. The van der Waals surface area contributed by atoms with E-state index in [9.17, 15) is 0 Å². The summed E-state index contributed by atoms with van der Waals surface area (Å²) in [5.74, 6) is 0. The molecule has 1 fully saturated rings. The van der Waals surface area contributed by atoms with Crippen molar-refractivity contribution in [1.82, 2.24) is 0 Å². The molecule has 0 aromatic rings. The van der Waals surface area contributed by atoms with Gasteiger partial charge in [0.2, 0.25) is 0 Å². The zero-order chi connectivity index (χ0) is 6.95. The van der Waals surface area contributed by atoms with Gasteiger partial charge in [-0.05, 0) is 6.92 Å². The molecule has 64 valence electrons. The van der Waals surface area contributed by atoms with Crippen LogP contribution in [0.4, 0.5) is 0 Å². The molecule has 0 atom stereocenters. The zero-order valence-electron chi connectivity index (χ0n) is 6.81. The van der Waals surface area contributed by atoms with Crippen molar-refractivity contribution in [1.29, 1.82) is 0 Å². The molecule has 1 rings (SSSR count). The number of hydrogen-bond donors (Lipinski definition) is 1. The largest absolute Gasteiger partial charge is 0.397 e. The van der Waals surface area contributed by atoms with Crippen LogP contribution in [0.3, 0.4) is 0 Å². The van der Waals surface area contributed by atoms with Gasteiger partial charge in [0.05, 0.1) is 0 Å². The molecule has 10 heavy (non-hydrogen) atoms. The number of aliphatic hydroxyl groups excluding tert-OH is 1. The third kappa shape index (κ3) is 11.3. The van der Waals surface area contributed by atoms with E-state index in [4.69, 9.17) is 5.11 Å². The van der Waals surface area contributed by atoms with Crippen molar-refractivity contribution in [2.45, 2.75) is 38.3 Å². The molecule has 0 bridgehead atoms. The van der Waals surface area contributed by atoms with Gasteiger partial charge in [-0.3, -0.25) is 0 Å². The minimum absolute atomic E-state index is 0. The van der Waals surface area contributed by atoms with Gasteiger partial charge in [-0.25, -0.2) is 0 Å². The van der Waals surface area contributed by atoms with Crippen LogP contribution >= 0.6 is 12.4 Å². The van der Waals surface area contributed by atoms with Crippen LogP contribution in [-0.2, 0) is 0 Å². The lowest BCUT2D eigenvalue weighted by Gasteiger charge is -2.04. The van der Waals surface area contributed by atoms with E-state index in [-0.39, 0.29) is 19.0 Å². The number of rotatable bonds is 0. The van der Waals surface area contributed by atoms with Crippen molar-refractivity contribution in [2.75, 3.05) is 6.61 Å². The van der Waals surface area contributed by atoms with Crippen LogP contribution in [0.2, 0.25) is 12.1 Å². The zero-order valence-corrected chi connectivity index (χ0v) is 9.04. The number of aliphatic hydroxyl groups is 1. The van der Waals surface area contributed by atoms with Gasteiger partial charge in [0.1, 0.15) is 0 Å². The number of halogens is 1. The molecule has 3 heteroatoms. The second-order valence-corrected chi connectivity index (χ2v) is 4.56. The summed E-state index contributed by atoms with van der Waals surface area (Å²) in [6.45, 7) is 1.93. The second kappa shape index (κ2) is 12.2. The van der Waals surface area contributed by atoms with Gasteiger partial charge in [-0.1, -0.05) is 31.4 Å². The lowest BCUT2D eigenvalue weighted by atomic mass is 10.3. The fraction of sp³-hybridized carbons (Fsp3) is 1.00. The Hall–Kier alpha value is 0.467. The Morgan fingerprint density at radius 2 is 1.60 bits per heavy atom. The Bertz CT molecular complexity index is 37.4. The van der Waals surface area contributed by atoms with Crippen LogP contribution in [0.15, 0.2) is 0 Å². The quantitative estimate of drug-likeness (QED) is 0.565. The van der Waals surface area contributed by atoms with Crippen molar-refractivity contribution < 1.29 is 5.11 Å². The molecule has 0 amide bonds. The molecule has 1 aliphatic heterocycles. The van der Waals surface area contributed by atoms with E-state index in [1.165, 1.54) is 6.42 Å². The first kappa shape index (κ1) is 13.1. The molecule has 0 unspecified atom stereocenters. The van der Waals surface area contributed by atoms with Gasteiger partial charge in [-0.2, -0.15) is 0 Å². The Kier molecular flexibility index (Phi) is 15.9. The van der Waals surface area contributed by atoms with Crippen LogP contribution in [0.1, 0.15) is 26.2 Å². The van der Waals surface area contributed by atoms with E-state index >= 15 is 0 Å². The van der Waals surface area contributed by atoms with Crippen molar-refractivity contribution in [3.63, 3.8) is 0 Å². The fourth-order valence-corrected chi connectivity index (χ4v) is 2.83. The van der Waals surface area contributed by atoms with Crippen molar-refractivity contribution >= 4 is 21.9 Å². The van der Waals surface area contributed by atoms with E-state index in [2.05, 4.69) is 0 Å². The van der Waals surface area contributed by atoms with Gasteiger partial charge in [-0.15, -0.1) is 12.4 Å². The molecule has 1 saturated heterocycles. The Labute approximate surface area is 72.5 Å². The van der Waals surface area contributed by atoms with Crippen LogP contribution in [-0.4, -0.2) is 21.2 Å². The molecule has 1 N–H and O–H groups in total. The van der Waals surface area contributed by atoms with E-state index < -0.39 is 0 Å². The highest BCUT2D eigenvalue weighted by molar-refractivity contribution is 6.35. The fourth-order valence-electron chi connectivity index (χ4n) is 1.06. The summed E-state index contributed by atoms with van der Waals surface area (Å²) < 4.78 is 0. The molecule has 0 aromatic carbocycles. The van der Waals surface area contributed by atoms with Crippen LogP contribution in [0, 0.1) is 0 Å². The maximum atomic E-state index is 7.57. The molecular formula is C7H19ClOSi. The van der Waals surface area contributed by atoms with Gasteiger partial charge < -0.3 is 5.11 Å². The normalized spacial score (nSPS) is 16.2. The molecule has 0 aromatic heterocycles. The Balaban J connectivity index is 0. The molecule has 0 radical (unpaired) electrons. The van der Waals surface area contributed by atoms with Crippen molar-refractivity contribution in [2.24, 2.45) is 0 Å². The average Bonchev–Trinajstić information content (AvgIpc) is 1.93.